The maximum atomic E-state index is 12.0. The summed E-state index contributed by atoms with van der Waals surface area (Å²) in [6, 6.07) is 5.85. The molecule has 0 bridgehead atoms. The van der Waals surface area contributed by atoms with Gasteiger partial charge in [0.2, 0.25) is 15.9 Å². The van der Waals surface area contributed by atoms with Crippen molar-refractivity contribution < 1.29 is 13.2 Å². The van der Waals surface area contributed by atoms with E-state index in [1.54, 1.807) is 0 Å². The average Bonchev–Trinajstić information content (AvgIpc) is 2.84. The highest BCUT2D eigenvalue weighted by Gasteiger charge is 2.28. The van der Waals surface area contributed by atoms with Crippen molar-refractivity contribution >= 4 is 27.3 Å². The van der Waals surface area contributed by atoms with E-state index in [2.05, 4.69) is 10.6 Å². The normalized spacial score (nSPS) is 20.2. The molecule has 0 atom stereocenters. The quantitative estimate of drug-likeness (QED) is 0.878. The molecule has 0 radical (unpaired) electrons. The lowest BCUT2D eigenvalue weighted by molar-refractivity contribution is -0.116. The summed E-state index contributed by atoms with van der Waals surface area (Å²) < 4.78 is 24.8. The molecule has 1 amide bonds. The number of hydrogen-bond acceptors (Lipinski definition) is 4. The molecule has 2 heterocycles. The molecule has 2 aliphatic rings. The molecule has 0 spiro atoms. The Morgan fingerprint density at radius 3 is 2.95 bits per heavy atom. The van der Waals surface area contributed by atoms with Crippen LogP contribution in [0, 0.1) is 0 Å². The van der Waals surface area contributed by atoms with E-state index >= 15 is 0 Å². The summed E-state index contributed by atoms with van der Waals surface area (Å²) in [6.07, 6.45) is 2.95. The molecule has 1 aromatic carbocycles. The number of fused-ring (bicyclic) bond motifs is 1. The molecular formula is C15H21N3O3S. The van der Waals surface area contributed by atoms with Crippen LogP contribution < -0.4 is 10.6 Å². The van der Waals surface area contributed by atoms with Gasteiger partial charge in [-0.3, -0.25) is 4.79 Å². The minimum absolute atomic E-state index is 0.147. The van der Waals surface area contributed by atoms with Crippen LogP contribution in [-0.2, 0) is 21.2 Å². The lowest BCUT2D eigenvalue weighted by atomic mass is 10.0. The molecule has 0 saturated carbocycles. The van der Waals surface area contributed by atoms with E-state index in [9.17, 15) is 13.2 Å². The molecular weight excluding hydrogens is 302 g/mol. The Balaban J connectivity index is 1.56. The van der Waals surface area contributed by atoms with Crippen molar-refractivity contribution in [2.75, 3.05) is 36.0 Å². The number of rotatable bonds is 4. The van der Waals surface area contributed by atoms with Gasteiger partial charge in [-0.25, -0.2) is 12.7 Å². The summed E-state index contributed by atoms with van der Waals surface area (Å²) >= 11 is 0. The van der Waals surface area contributed by atoms with Gasteiger partial charge in [0, 0.05) is 37.4 Å². The van der Waals surface area contributed by atoms with E-state index in [0.29, 0.717) is 13.0 Å². The topological polar surface area (TPSA) is 78.5 Å². The number of carbonyl (C=O) groups excluding carboxylic acids is 1. The van der Waals surface area contributed by atoms with Gasteiger partial charge in [0.05, 0.1) is 5.75 Å². The fourth-order valence-corrected chi connectivity index (χ4v) is 4.47. The maximum absolute atomic E-state index is 12.0. The Kier molecular flexibility index (Phi) is 4.35. The Bertz CT molecular complexity index is 673. The third-order valence-corrected chi connectivity index (χ3v) is 6.08. The summed E-state index contributed by atoms with van der Waals surface area (Å²) in [5.74, 6) is 0.0534. The van der Waals surface area contributed by atoms with Crippen LogP contribution in [0.5, 0.6) is 0 Å². The van der Waals surface area contributed by atoms with Crippen LogP contribution in [0.1, 0.15) is 24.8 Å². The number of nitrogens with zero attached hydrogens (tertiary/aromatic N) is 1. The average molecular weight is 323 g/mol. The van der Waals surface area contributed by atoms with Crippen LogP contribution in [0.4, 0.5) is 11.4 Å². The van der Waals surface area contributed by atoms with Gasteiger partial charge in [-0.15, -0.1) is 0 Å². The predicted octanol–water partition coefficient (Wildman–Crippen LogP) is 1.41. The van der Waals surface area contributed by atoms with Gasteiger partial charge in [-0.2, -0.15) is 0 Å². The minimum atomic E-state index is -3.12. The zero-order valence-corrected chi connectivity index (χ0v) is 13.3. The largest absolute Gasteiger partial charge is 0.385 e. The molecule has 6 nitrogen and oxygen atoms in total. The number of hydrogen-bond donors (Lipinski definition) is 2. The molecule has 0 unspecified atom stereocenters. The summed E-state index contributed by atoms with van der Waals surface area (Å²) in [5.41, 5.74) is 3.12. The molecule has 120 valence electrons. The Morgan fingerprint density at radius 1 is 1.32 bits per heavy atom. The molecule has 2 N–H and O–H groups in total. The van der Waals surface area contributed by atoms with Crippen LogP contribution in [-0.4, -0.2) is 44.0 Å². The van der Waals surface area contributed by atoms with Crippen LogP contribution in [0.15, 0.2) is 18.2 Å². The summed E-state index contributed by atoms with van der Waals surface area (Å²) in [7, 11) is -3.12. The number of aryl methyl sites for hydroxylation is 1. The van der Waals surface area contributed by atoms with Crippen LogP contribution in [0.25, 0.3) is 0 Å². The van der Waals surface area contributed by atoms with Gasteiger partial charge in [0.15, 0.2) is 0 Å². The van der Waals surface area contributed by atoms with E-state index in [4.69, 9.17) is 0 Å². The molecule has 22 heavy (non-hydrogen) atoms. The fraction of sp³-hybridized carbons (Fsp3) is 0.533. The lowest BCUT2D eigenvalue weighted by Crippen LogP contribution is -2.29. The SMILES string of the molecule is O=C(CCN1CCCS1(=O)=O)Nc1ccc2c(c1)CCCN2. The van der Waals surface area contributed by atoms with Crippen molar-refractivity contribution in [1.29, 1.82) is 0 Å². The second kappa shape index (κ2) is 6.26. The summed E-state index contributed by atoms with van der Waals surface area (Å²) in [4.78, 5) is 12.0. The van der Waals surface area contributed by atoms with Gasteiger partial charge in [0.1, 0.15) is 0 Å². The molecule has 7 heteroatoms. The van der Waals surface area contributed by atoms with Crippen molar-refractivity contribution in [3.05, 3.63) is 23.8 Å². The number of sulfonamides is 1. The number of nitrogens with one attached hydrogen (secondary N) is 2. The molecule has 1 aromatic rings. The Labute approximate surface area is 130 Å². The van der Waals surface area contributed by atoms with Gasteiger partial charge < -0.3 is 10.6 Å². The summed E-state index contributed by atoms with van der Waals surface area (Å²) in [5, 5.41) is 6.18. The van der Waals surface area contributed by atoms with Crippen molar-refractivity contribution in [1.82, 2.24) is 4.31 Å². The smallest absolute Gasteiger partial charge is 0.225 e. The van der Waals surface area contributed by atoms with Crippen molar-refractivity contribution in [3.8, 4) is 0 Å². The standard InChI is InChI=1S/C15H21N3O3S/c19-15(6-9-18-8-2-10-22(18,20)21)17-13-4-5-14-12(11-13)3-1-7-16-14/h4-5,11,16H,1-3,6-10H2,(H,17,19). The first kappa shape index (κ1) is 15.3. The molecule has 0 aromatic heterocycles. The second-order valence-corrected chi connectivity index (χ2v) is 7.86. The highest BCUT2D eigenvalue weighted by molar-refractivity contribution is 7.89. The monoisotopic (exact) mass is 323 g/mol. The number of carbonyl (C=O) groups is 1. The predicted molar refractivity (Wildman–Crippen MR) is 86.5 cm³/mol. The zero-order chi connectivity index (χ0) is 15.6. The molecule has 1 fully saturated rings. The number of benzene rings is 1. The van der Waals surface area contributed by atoms with Crippen LogP contribution in [0.3, 0.4) is 0 Å². The highest BCUT2D eigenvalue weighted by Crippen LogP contribution is 2.25. The van der Waals surface area contributed by atoms with E-state index in [0.717, 1.165) is 30.8 Å². The third kappa shape index (κ3) is 3.41. The molecule has 3 rings (SSSR count). The van der Waals surface area contributed by atoms with Crippen molar-refractivity contribution in [3.63, 3.8) is 0 Å². The Morgan fingerprint density at radius 2 is 2.18 bits per heavy atom. The third-order valence-electron chi connectivity index (χ3n) is 4.12. The van der Waals surface area contributed by atoms with E-state index in [1.165, 1.54) is 9.87 Å². The van der Waals surface area contributed by atoms with E-state index in [-0.39, 0.29) is 24.6 Å². The van der Waals surface area contributed by atoms with Gasteiger partial charge in [0.25, 0.3) is 0 Å². The van der Waals surface area contributed by atoms with Crippen LogP contribution in [0.2, 0.25) is 0 Å². The van der Waals surface area contributed by atoms with E-state index < -0.39 is 10.0 Å². The Hall–Kier alpha value is -1.60. The number of amides is 1. The fourth-order valence-electron chi connectivity index (χ4n) is 2.94. The van der Waals surface area contributed by atoms with Gasteiger partial charge in [-0.05, 0) is 43.0 Å². The zero-order valence-electron chi connectivity index (χ0n) is 12.5. The highest BCUT2D eigenvalue weighted by atomic mass is 32.2. The van der Waals surface area contributed by atoms with Crippen molar-refractivity contribution in [2.24, 2.45) is 0 Å². The second-order valence-electron chi connectivity index (χ2n) is 5.77. The first-order valence-corrected chi connectivity index (χ1v) is 9.30. The minimum Gasteiger partial charge on any atom is -0.385 e. The summed E-state index contributed by atoms with van der Waals surface area (Å²) in [6.45, 7) is 1.78. The van der Waals surface area contributed by atoms with Crippen LogP contribution >= 0.6 is 0 Å². The maximum Gasteiger partial charge on any atom is 0.225 e. The molecule has 1 saturated heterocycles. The molecule has 2 aliphatic heterocycles. The van der Waals surface area contributed by atoms with Gasteiger partial charge >= 0.3 is 0 Å². The number of anilines is 2. The van der Waals surface area contributed by atoms with E-state index in [1.807, 2.05) is 18.2 Å². The van der Waals surface area contributed by atoms with Gasteiger partial charge in [-0.1, -0.05) is 0 Å². The van der Waals surface area contributed by atoms with Crippen molar-refractivity contribution in [2.45, 2.75) is 25.7 Å². The lowest BCUT2D eigenvalue weighted by Gasteiger charge is -2.19. The first-order chi connectivity index (χ1) is 10.5. The first-order valence-electron chi connectivity index (χ1n) is 7.69. The molecule has 0 aliphatic carbocycles.